The van der Waals surface area contributed by atoms with Crippen molar-refractivity contribution in [3.8, 4) is 5.75 Å². The average molecular weight is 365 g/mol. The molecule has 0 unspecified atom stereocenters. The van der Waals surface area contributed by atoms with Crippen molar-refractivity contribution in [3.05, 3.63) is 58.9 Å². The Labute approximate surface area is 158 Å². The monoisotopic (exact) mass is 365 g/mol. The summed E-state index contributed by atoms with van der Waals surface area (Å²) in [5.41, 5.74) is 2.73. The smallest absolute Gasteiger partial charge is 0.256 e. The van der Waals surface area contributed by atoms with Gasteiger partial charge in [0.1, 0.15) is 5.75 Å². The van der Waals surface area contributed by atoms with Crippen molar-refractivity contribution < 1.29 is 14.3 Å². The summed E-state index contributed by atoms with van der Waals surface area (Å²) in [4.78, 5) is 33.8. The number of methoxy groups -OCH3 is 1. The van der Waals surface area contributed by atoms with E-state index in [1.165, 1.54) is 0 Å². The predicted molar refractivity (Wildman–Crippen MR) is 101 cm³/mol. The molecule has 0 N–H and O–H groups in total. The number of fused-ring (bicyclic) bond motifs is 2. The van der Waals surface area contributed by atoms with Crippen molar-refractivity contribution in [1.29, 1.82) is 0 Å². The number of benzene rings is 1. The second-order valence-corrected chi connectivity index (χ2v) is 7.27. The number of carbonyl (C=O) groups excluding carboxylic acids is 2. The van der Waals surface area contributed by atoms with E-state index < -0.39 is 5.54 Å². The highest BCUT2D eigenvalue weighted by atomic mass is 16.5. The van der Waals surface area contributed by atoms with Crippen LogP contribution in [0.1, 0.15) is 44.8 Å². The molecule has 4 rings (SSSR count). The SMILES string of the molecule is COc1ccc(C(=O)N2CCC3(CC2)c2ncccc2C(=O)N3C)c(C)c1. The molecular formula is C21H23N3O3. The van der Waals surface area contributed by atoms with Crippen LogP contribution in [0.25, 0.3) is 0 Å². The zero-order valence-corrected chi connectivity index (χ0v) is 15.9. The second-order valence-electron chi connectivity index (χ2n) is 7.27. The van der Waals surface area contributed by atoms with Gasteiger partial charge >= 0.3 is 0 Å². The first kappa shape index (κ1) is 17.5. The van der Waals surface area contributed by atoms with E-state index >= 15 is 0 Å². The van der Waals surface area contributed by atoms with Gasteiger partial charge in [-0.05, 0) is 55.7 Å². The zero-order chi connectivity index (χ0) is 19.2. The van der Waals surface area contributed by atoms with Gasteiger partial charge in [0.15, 0.2) is 0 Å². The van der Waals surface area contributed by atoms with Gasteiger partial charge in [-0.3, -0.25) is 14.6 Å². The van der Waals surface area contributed by atoms with Crippen LogP contribution in [0.2, 0.25) is 0 Å². The number of hydrogen-bond donors (Lipinski definition) is 0. The number of ether oxygens (including phenoxy) is 1. The molecule has 1 aromatic carbocycles. The molecule has 1 aromatic heterocycles. The third-order valence-electron chi connectivity index (χ3n) is 5.97. The van der Waals surface area contributed by atoms with Gasteiger partial charge in [-0.15, -0.1) is 0 Å². The molecule has 2 aromatic rings. The normalized spacial score (nSPS) is 18.0. The first-order valence-corrected chi connectivity index (χ1v) is 9.15. The van der Waals surface area contributed by atoms with E-state index in [-0.39, 0.29) is 11.8 Å². The fraction of sp³-hybridized carbons (Fsp3) is 0.381. The lowest BCUT2D eigenvalue weighted by molar-refractivity contribution is 0.0336. The van der Waals surface area contributed by atoms with E-state index in [1.807, 2.05) is 48.0 Å². The number of pyridine rings is 1. The van der Waals surface area contributed by atoms with Gasteiger partial charge in [-0.25, -0.2) is 0 Å². The van der Waals surface area contributed by atoms with Crippen LogP contribution in [0.4, 0.5) is 0 Å². The quantitative estimate of drug-likeness (QED) is 0.821. The molecule has 6 nitrogen and oxygen atoms in total. The third kappa shape index (κ3) is 2.59. The third-order valence-corrected chi connectivity index (χ3v) is 5.97. The number of carbonyl (C=O) groups is 2. The first-order chi connectivity index (χ1) is 13.0. The zero-order valence-electron chi connectivity index (χ0n) is 15.9. The van der Waals surface area contributed by atoms with Crippen LogP contribution in [0, 0.1) is 6.92 Å². The van der Waals surface area contributed by atoms with Gasteiger partial charge in [-0.2, -0.15) is 0 Å². The Hall–Kier alpha value is -2.89. The number of amides is 2. The minimum Gasteiger partial charge on any atom is -0.497 e. The van der Waals surface area contributed by atoms with E-state index in [1.54, 1.807) is 19.4 Å². The van der Waals surface area contributed by atoms with E-state index in [4.69, 9.17) is 4.74 Å². The summed E-state index contributed by atoms with van der Waals surface area (Å²) in [6, 6.07) is 9.16. The molecule has 0 aliphatic carbocycles. The molecule has 3 heterocycles. The number of nitrogens with zero attached hydrogens (tertiary/aromatic N) is 3. The van der Waals surface area contributed by atoms with Crippen LogP contribution in [-0.2, 0) is 5.54 Å². The molecule has 0 atom stereocenters. The topological polar surface area (TPSA) is 62.7 Å². The largest absolute Gasteiger partial charge is 0.497 e. The Morgan fingerprint density at radius 1 is 1.22 bits per heavy atom. The summed E-state index contributed by atoms with van der Waals surface area (Å²) in [6.07, 6.45) is 3.13. The van der Waals surface area contributed by atoms with Crippen molar-refractivity contribution in [1.82, 2.24) is 14.8 Å². The lowest BCUT2D eigenvalue weighted by Gasteiger charge is -2.43. The number of hydrogen-bond acceptors (Lipinski definition) is 4. The average Bonchev–Trinajstić information content (AvgIpc) is 2.90. The van der Waals surface area contributed by atoms with E-state index in [2.05, 4.69) is 4.98 Å². The number of rotatable bonds is 2. The lowest BCUT2D eigenvalue weighted by Crippen LogP contribution is -2.51. The summed E-state index contributed by atoms with van der Waals surface area (Å²) < 4.78 is 5.22. The summed E-state index contributed by atoms with van der Waals surface area (Å²) in [5, 5.41) is 0. The van der Waals surface area contributed by atoms with Crippen molar-refractivity contribution in [2.24, 2.45) is 0 Å². The van der Waals surface area contributed by atoms with Crippen LogP contribution >= 0.6 is 0 Å². The molecule has 2 amide bonds. The maximum atomic E-state index is 13.0. The van der Waals surface area contributed by atoms with Crippen molar-refractivity contribution in [3.63, 3.8) is 0 Å². The highest BCUT2D eigenvalue weighted by Gasteiger charge is 2.50. The number of likely N-dealkylation sites (tertiary alicyclic amines) is 1. The molecule has 1 fully saturated rings. The van der Waals surface area contributed by atoms with E-state index in [0.29, 0.717) is 37.1 Å². The van der Waals surface area contributed by atoms with Crippen LogP contribution in [-0.4, -0.2) is 53.8 Å². The minimum absolute atomic E-state index is 0.0175. The molecule has 6 heteroatoms. The van der Waals surface area contributed by atoms with E-state index in [9.17, 15) is 9.59 Å². The summed E-state index contributed by atoms with van der Waals surface area (Å²) in [6.45, 7) is 3.11. The predicted octanol–water partition coefficient (Wildman–Crippen LogP) is 2.62. The first-order valence-electron chi connectivity index (χ1n) is 9.15. The maximum Gasteiger partial charge on any atom is 0.256 e. The van der Waals surface area contributed by atoms with Crippen LogP contribution < -0.4 is 4.74 Å². The second kappa shape index (κ2) is 6.37. The molecule has 1 spiro atoms. The number of aryl methyl sites for hydroxylation is 1. The van der Waals surface area contributed by atoms with Crippen molar-refractivity contribution >= 4 is 11.8 Å². The lowest BCUT2D eigenvalue weighted by atomic mass is 9.84. The van der Waals surface area contributed by atoms with Crippen LogP contribution in [0.15, 0.2) is 36.5 Å². The van der Waals surface area contributed by atoms with Gasteiger partial charge in [0.2, 0.25) is 0 Å². The van der Waals surface area contributed by atoms with Crippen molar-refractivity contribution in [2.75, 3.05) is 27.2 Å². The highest BCUT2D eigenvalue weighted by molar-refractivity contribution is 5.99. The van der Waals surface area contributed by atoms with Gasteiger partial charge in [0, 0.05) is 31.9 Å². The molecule has 27 heavy (non-hydrogen) atoms. The van der Waals surface area contributed by atoms with Crippen LogP contribution in [0.3, 0.4) is 0 Å². The van der Waals surface area contributed by atoms with Gasteiger partial charge in [-0.1, -0.05) is 0 Å². The molecular weight excluding hydrogens is 342 g/mol. The Bertz CT molecular complexity index is 917. The fourth-order valence-corrected chi connectivity index (χ4v) is 4.31. The number of piperidine rings is 1. The molecule has 0 saturated carbocycles. The standard InChI is InChI=1S/C21H23N3O3/c1-14-13-15(27-3)6-7-16(14)20(26)24-11-8-21(9-12-24)18-17(5-4-10-22-18)19(25)23(21)2/h4-7,10,13H,8-9,11-12H2,1-3H3. The Morgan fingerprint density at radius 3 is 2.63 bits per heavy atom. The van der Waals surface area contributed by atoms with Gasteiger partial charge in [0.25, 0.3) is 11.8 Å². The van der Waals surface area contributed by atoms with Crippen molar-refractivity contribution in [2.45, 2.75) is 25.3 Å². The number of aromatic nitrogens is 1. The molecule has 2 aliphatic heterocycles. The van der Waals surface area contributed by atoms with Gasteiger partial charge in [0.05, 0.1) is 23.9 Å². The summed E-state index contributed by atoms with van der Waals surface area (Å²) in [7, 11) is 3.46. The Kier molecular flexibility index (Phi) is 4.13. The Balaban J connectivity index is 1.56. The minimum atomic E-state index is -0.403. The summed E-state index contributed by atoms with van der Waals surface area (Å²) in [5.74, 6) is 0.789. The Morgan fingerprint density at radius 2 is 1.96 bits per heavy atom. The van der Waals surface area contributed by atoms with Crippen LogP contribution in [0.5, 0.6) is 5.75 Å². The molecule has 1 saturated heterocycles. The fourth-order valence-electron chi connectivity index (χ4n) is 4.31. The maximum absolute atomic E-state index is 13.0. The highest BCUT2D eigenvalue weighted by Crippen LogP contribution is 2.44. The van der Waals surface area contributed by atoms with E-state index in [0.717, 1.165) is 17.0 Å². The molecule has 2 aliphatic rings. The molecule has 0 bridgehead atoms. The molecule has 140 valence electrons. The molecule has 0 radical (unpaired) electrons. The summed E-state index contributed by atoms with van der Waals surface area (Å²) >= 11 is 0. The van der Waals surface area contributed by atoms with Gasteiger partial charge < -0.3 is 14.5 Å².